The van der Waals surface area contributed by atoms with E-state index in [1.807, 2.05) is 25.1 Å². The Morgan fingerprint density at radius 3 is 3.00 bits per heavy atom. The van der Waals surface area contributed by atoms with E-state index in [1.165, 1.54) is 0 Å². The molecule has 1 atom stereocenters. The maximum atomic E-state index is 12.0. The van der Waals surface area contributed by atoms with Crippen LogP contribution in [-0.2, 0) is 0 Å². The zero-order valence-corrected chi connectivity index (χ0v) is 11.5. The number of carbonyl (C=O) groups excluding carboxylic acids is 1. The number of nitrogens with zero attached hydrogens (tertiary/aromatic N) is 3. The lowest BCUT2D eigenvalue weighted by Gasteiger charge is -2.18. The molecule has 5 heteroatoms. The van der Waals surface area contributed by atoms with Gasteiger partial charge >= 0.3 is 0 Å². The molecule has 2 aromatic rings. The Morgan fingerprint density at radius 1 is 1.44 bits per heavy atom. The van der Waals surface area contributed by atoms with E-state index >= 15 is 0 Å². The Balaban J connectivity index is 2.24. The molecule has 2 aromatic heterocycles. The Morgan fingerprint density at radius 2 is 2.28 bits per heavy atom. The quantitative estimate of drug-likeness (QED) is 0.761. The van der Waals surface area contributed by atoms with Crippen LogP contribution < -0.4 is 0 Å². The summed E-state index contributed by atoms with van der Waals surface area (Å²) in [5, 5.41) is 4.47. The van der Waals surface area contributed by atoms with Gasteiger partial charge in [0.05, 0.1) is 21.8 Å². The summed E-state index contributed by atoms with van der Waals surface area (Å²) in [6.45, 7) is 1.88. The lowest BCUT2D eigenvalue weighted by atomic mass is 9.94. The van der Waals surface area contributed by atoms with Gasteiger partial charge in [-0.15, -0.1) is 0 Å². The first-order valence-electron chi connectivity index (χ1n) is 5.86. The molecule has 0 amide bonds. The Labute approximate surface area is 113 Å². The molecular weight excluding hydrogens is 294 g/mol. The average molecular weight is 306 g/mol. The number of halogens is 1. The highest BCUT2D eigenvalue weighted by Gasteiger charge is 2.31. The molecule has 3 rings (SSSR count). The Bertz CT molecular complexity index is 606. The number of carbonyl (C=O) groups is 1. The molecule has 0 N–H and O–H groups in total. The smallest absolute Gasteiger partial charge is 0.166 e. The molecule has 0 spiro atoms. The summed E-state index contributed by atoms with van der Waals surface area (Å²) in [4.78, 5) is 16.5. The number of aromatic nitrogens is 3. The molecule has 2 heterocycles. The fraction of sp³-hybridized carbons (Fsp3) is 0.308. The van der Waals surface area contributed by atoms with Gasteiger partial charge in [0.15, 0.2) is 11.6 Å². The van der Waals surface area contributed by atoms with Gasteiger partial charge in [-0.2, -0.15) is 5.10 Å². The molecule has 1 aliphatic carbocycles. The number of hydrogen-bond acceptors (Lipinski definition) is 3. The average Bonchev–Trinajstić information content (AvgIpc) is 2.74. The van der Waals surface area contributed by atoms with Crippen molar-refractivity contribution in [2.24, 2.45) is 0 Å². The predicted molar refractivity (Wildman–Crippen MR) is 71.3 cm³/mol. The summed E-state index contributed by atoms with van der Waals surface area (Å²) in [6, 6.07) is 5.67. The van der Waals surface area contributed by atoms with Gasteiger partial charge in [-0.1, -0.05) is 22.0 Å². The topological polar surface area (TPSA) is 47.8 Å². The van der Waals surface area contributed by atoms with E-state index in [-0.39, 0.29) is 10.6 Å². The van der Waals surface area contributed by atoms with Crippen LogP contribution in [0.5, 0.6) is 0 Å². The number of Topliss-reactive ketones (excluding diaryl/α,β-unsaturated/α-hetero) is 1. The second-order valence-electron chi connectivity index (χ2n) is 4.37. The second kappa shape index (κ2) is 4.31. The number of hydrogen-bond donors (Lipinski definition) is 0. The van der Waals surface area contributed by atoms with E-state index in [4.69, 9.17) is 0 Å². The summed E-state index contributed by atoms with van der Waals surface area (Å²) in [6.07, 6.45) is 3.12. The van der Waals surface area contributed by atoms with E-state index in [0.717, 1.165) is 29.2 Å². The normalized spacial score (nSPS) is 18.8. The monoisotopic (exact) mass is 305 g/mol. The van der Waals surface area contributed by atoms with Crippen LogP contribution in [0.1, 0.15) is 39.4 Å². The summed E-state index contributed by atoms with van der Waals surface area (Å²) < 4.78 is 1.78. The lowest BCUT2D eigenvalue weighted by molar-refractivity contribution is 0.0971. The molecule has 18 heavy (non-hydrogen) atoms. The minimum absolute atomic E-state index is 0.161. The zero-order chi connectivity index (χ0) is 12.7. The minimum Gasteiger partial charge on any atom is -0.294 e. The van der Waals surface area contributed by atoms with E-state index < -0.39 is 0 Å². The van der Waals surface area contributed by atoms with Crippen LogP contribution in [0.15, 0.2) is 24.4 Å². The van der Waals surface area contributed by atoms with Crippen LogP contribution >= 0.6 is 15.9 Å². The highest BCUT2D eigenvalue weighted by Crippen LogP contribution is 2.38. The highest BCUT2D eigenvalue weighted by atomic mass is 79.9. The van der Waals surface area contributed by atoms with Crippen molar-refractivity contribution in [2.45, 2.75) is 24.6 Å². The summed E-state index contributed by atoms with van der Waals surface area (Å²) in [7, 11) is 0. The van der Waals surface area contributed by atoms with Gasteiger partial charge in [-0.25, -0.2) is 9.67 Å². The third-order valence-electron chi connectivity index (χ3n) is 3.16. The van der Waals surface area contributed by atoms with Gasteiger partial charge in [-0.05, 0) is 25.5 Å². The molecule has 4 nitrogen and oxygen atoms in total. The van der Waals surface area contributed by atoms with Crippen LogP contribution in [0.3, 0.4) is 0 Å². The third kappa shape index (κ3) is 1.70. The minimum atomic E-state index is 0.161. The Kier molecular flexibility index (Phi) is 2.78. The van der Waals surface area contributed by atoms with Crippen molar-refractivity contribution in [2.75, 3.05) is 0 Å². The molecule has 0 aromatic carbocycles. The van der Waals surface area contributed by atoms with Crippen molar-refractivity contribution in [3.05, 3.63) is 41.3 Å². The summed E-state index contributed by atoms with van der Waals surface area (Å²) >= 11 is 3.64. The third-order valence-corrected chi connectivity index (χ3v) is 4.05. The van der Waals surface area contributed by atoms with Crippen molar-refractivity contribution in [1.29, 1.82) is 0 Å². The van der Waals surface area contributed by atoms with Crippen LogP contribution in [0, 0.1) is 6.92 Å². The summed E-state index contributed by atoms with van der Waals surface area (Å²) in [5.74, 6) is 0.932. The molecule has 0 radical (unpaired) electrons. The highest BCUT2D eigenvalue weighted by molar-refractivity contribution is 9.09. The van der Waals surface area contributed by atoms with Gasteiger partial charge in [0, 0.05) is 12.6 Å². The largest absolute Gasteiger partial charge is 0.294 e. The summed E-state index contributed by atoms with van der Waals surface area (Å²) in [5.41, 5.74) is 2.47. The van der Waals surface area contributed by atoms with E-state index in [1.54, 1.807) is 10.9 Å². The number of alkyl halides is 1. The van der Waals surface area contributed by atoms with E-state index in [0.29, 0.717) is 6.42 Å². The molecule has 1 unspecified atom stereocenters. The standard InChI is InChI=1S/C13H12BrN3O/c1-8-12-10(18)6-5-9(14)13(12)17(16-8)11-4-2-3-7-15-11/h2-4,7,9H,5-6H2,1H3. The van der Waals surface area contributed by atoms with E-state index in [2.05, 4.69) is 26.0 Å². The van der Waals surface area contributed by atoms with Crippen molar-refractivity contribution < 1.29 is 4.79 Å². The molecule has 0 fully saturated rings. The van der Waals surface area contributed by atoms with Crippen molar-refractivity contribution in [3.8, 4) is 5.82 Å². The lowest BCUT2D eigenvalue weighted by Crippen LogP contribution is -2.15. The van der Waals surface area contributed by atoms with Gasteiger partial charge in [-0.3, -0.25) is 4.79 Å². The zero-order valence-electron chi connectivity index (χ0n) is 9.93. The van der Waals surface area contributed by atoms with Crippen LogP contribution in [0.2, 0.25) is 0 Å². The number of aryl methyl sites for hydroxylation is 1. The van der Waals surface area contributed by atoms with Gasteiger partial charge in [0.2, 0.25) is 0 Å². The molecule has 92 valence electrons. The molecule has 0 aliphatic heterocycles. The number of ketones is 1. The van der Waals surface area contributed by atoms with Crippen molar-refractivity contribution in [1.82, 2.24) is 14.8 Å². The second-order valence-corrected chi connectivity index (χ2v) is 5.48. The maximum absolute atomic E-state index is 12.0. The van der Waals surface area contributed by atoms with Crippen molar-refractivity contribution >= 4 is 21.7 Å². The number of rotatable bonds is 1. The van der Waals surface area contributed by atoms with Gasteiger partial charge in [0.1, 0.15) is 0 Å². The van der Waals surface area contributed by atoms with Crippen LogP contribution in [0.25, 0.3) is 5.82 Å². The SMILES string of the molecule is Cc1nn(-c2ccccn2)c2c1C(=O)CCC2Br. The fourth-order valence-corrected chi connectivity index (χ4v) is 3.00. The van der Waals surface area contributed by atoms with Crippen molar-refractivity contribution in [3.63, 3.8) is 0 Å². The van der Waals surface area contributed by atoms with Crippen LogP contribution in [-0.4, -0.2) is 20.5 Å². The number of fused-ring (bicyclic) bond motifs is 1. The fourth-order valence-electron chi connectivity index (χ4n) is 2.35. The first kappa shape index (κ1) is 11.6. The molecule has 0 saturated heterocycles. The molecule has 0 saturated carbocycles. The van der Waals surface area contributed by atoms with E-state index in [9.17, 15) is 4.79 Å². The van der Waals surface area contributed by atoms with Gasteiger partial charge in [0.25, 0.3) is 0 Å². The van der Waals surface area contributed by atoms with Gasteiger partial charge < -0.3 is 0 Å². The Hall–Kier alpha value is -1.49. The number of pyridine rings is 1. The molecular formula is C13H12BrN3O. The molecule has 1 aliphatic rings. The van der Waals surface area contributed by atoms with Crippen LogP contribution in [0.4, 0.5) is 0 Å². The first-order chi connectivity index (χ1) is 8.68. The predicted octanol–water partition coefficient (Wildman–Crippen LogP) is 2.99. The molecule has 0 bridgehead atoms. The maximum Gasteiger partial charge on any atom is 0.166 e. The first-order valence-corrected chi connectivity index (χ1v) is 6.78.